The number of rotatable bonds is 8. The van der Waals surface area contributed by atoms with Crippen LogP contribution in [0, 0.1) is 0 Å². The minimum absolute atomic E-state index is 0.0949. The number of aliphatic hydroxyl groups is 1. The lowest BCUT2D eigenvalue weighted by Crippen LogP contribution is -2.30. The van der Waals surface area contributed by atoms with Crippen molar-refractivity contribution in [3.8, 4) is 5.75 Å². The van der Waals surface area contributed by atoms with Gasteiger partial charge < -0.3 is 20.5 Å². The maximum absolute atomic E-state index is 9.22. The van der Waals surface area contributed by atoms with E-state index in [1.54, 1.807) is 7.11 Å². The fraction of sp³-hybridized carbons (Fsp3) is 0.500. The van der Waals surface area contributed by atoms with Gasteiger partial charge in [-0.1, -0.05) is 25.6 Å². The van der Waals surface area contributed by atoms with Crippen molar-refractivity contribution in [2.75, 3.05) is 31.7 Å². The third kappa shape index (κ3) is 4.36. The van der Waals surface area contributed by atoms with Gasteiger partial charge in [-0.05, 0) is 18.6 Å². The lowest BCUT2D eigenvalue weighted by molar-refractivity contribution is 0.301. The number of ether oxygens (including phenoxy) is 1. The Labute approximate surface area is 120 Å². The molecule has 0 aliphatic carbocycles. The minimum atomic E-state index is 0.0949. The fourth-order valence-electron chi connectivity index (χ4n) is 1.93. The molecule has 0 bridgehead atoms. The van der Waals surface area contributed by atoms with Gasteiger partial charge in [0.2, 0.25) is 0 Å². The van der Waals surface area contributed by atoms with Crippen LogP contribution in [0.25, 0.3) is 0 Å². The highest BCUT2D eigenvalue weighted by molar-refractivity contribution is 7.80. The molecule has 0 radical (unpaired) electrons. The zero-order valence-electron chi connectivity index (χ0n) is 11.6. The van der Waals surface area contributed by atoms with Gasteiger partial charge in [-0.25, -0.2) is 0 Å². The molecule has 0 fully saturated rings. The summed E-state index contributed by atoms with van der Waals surface area (Å²) < 4.78 is 5.25. The first-order valence-corrected chi connectivity index (χ1v) is 6.88. The summed E-state index contributed by atoms with van der Waals surface area (Å²) in [6.45, 7) is 3.65. The third-order valence-electron chi connectivity index (χ3n) is 2.96. The summed E-state index contributed by atoms with van der Waals surface area (Å²) in [5.74, 6) is 0.759. The lowest BCUT2D eigenvalue weighted by atomic mass is 10.1. The normalized spacial score (nSPS) is 10.3. The average molecular weight is 282 g/mol. The average Bonchev–Trinajstić information content (AvgIpc) is 2.42. The second kappa shape index (κ2) is 7.96. The van der Waals surface area contributed by atoms with Crippen LogP contribution in [0.4, 0.5) is 5.69 Å². The molecule has 0 unspecified atom stereocenters. The van der Waals surface area contributed by atoms with Gasteiger partial charge >= 0.3 is 0 Å². The molecule has 106 valence electrons. The van der Waals surface area contributed by atoms with Crippen LogP contribution in [0.5, 0.6) is 5.75 Å². The molecule has 0 amide bonds. The molecule has 0 saturated carbocycles. The Morgan fingerprint density at radius 2 is 2.16 bits per heavy atom. The van der Waals surface area contributed by atoms with Crippen LogP contribution in [-0.2, 0) is 0 Å². The molecule has 1 rings (SSSR count). The maximum atomic E-state index is 9.22. The Kier molecular flexibility index (Phi) is 6.59. The molecule has 0 spiro atoms. The molecule has 0 heterocycles. The molecule has 5 heteroatoms. The maximum Gasteiger partial charge on any atom is 0.120 e. The number of aliphatic hydroxyl groups excluding tert-OH is 1. The van der Waals surface area contributed by atoms with Gasteiger partial charge in [-0.2, -0.15) is 0 Å². The quantitative estimate of drug-likeness (QED) is 0.714. The van der Waals surface area contributed by atoms with Crippen LogP contribution in [0.15, 0.2) is 18.2 Å². The van der Waals surface area contributed by atoms with E-state index in [-0.39, 0.29) is 6.61 Å². The Morgan fingerprint density at radius 3 is 2.68 bits per heavy atom. The Balaban J connectivity index is 3.12. The Morgan fingerprint density at radius 1 is 1.42 bits per heavy atom. The largest absolute Gasteiger partial charge is 0.497 e. The highest BCUT2D eigenvalue weighted by Crippen LogP contribution is 2.26. The molecule has 0 saturated heterocycles. The van der Waals surface area contributed by atoms with Crippen LogP contribution in [0.1, 0.15) is 25.3 Å². The predicted octanol–water partition coefficient (Wildman–Crippen LogP) is 1.93. The molecule has 3 N–H and O–H groups in total. The highest BCUT2D eigenvalue weighted by Gasteiger charge is 2.13. The number of methoxy groups -OCH3 is 1. The summed E-state index contributed by atoms with van der Waals surface area (Å²) in [6, 6.07) is 5.63. The number of hydrogen-bond donors (Lipinski definition) is 2. The van der Waals surface area contributed by atoms with Crippen molar-refractivity contribution in [2.45, 2.75) is 19.8 Å². The first-order valence-electron chi connectivity index (χ1n) is 6.47. The van der Waals surface area contributed by atoms with Crippen LogP contribution >= 0.6 is 12.2 Å². The summed E-state index contributed by atoms with van der Waals surface area (Å²) in [5.41, 5.74) is 7.52. The molecule has 0 aromatic heterocycles. The smallest absolute Gasteiger partial charge is 0.120 e. The molecule has 0 aliphatic rings. The number of hydrogen-bond acceptors (Lipinski definition) is 4. The molecule has 0 aliphatic heterocycles. The fourth-order valence-corrected chi connectivity index (χ4v) is 2.10. The summed E-state index contributed by atoms with van der Waals surface area (Å²) in [6.07, 6.45) is 2.14. The van der Waals surface area contributed by atoms with E-state index in [0.717, 1.165) is 36.4 Å². The molecule has 19 heavy (non-hydrogen) atoms. The van der Waals surface area contributed by atoms with E-state index >= 15 is 0 Å². The van der Waals surface area contributed by atoms with Crippen molar-refractivity contribution in [1.29, 1.82) is 0 Å². The predicted molar refractivity (Wildman–Crippen MR) is 83.1 cm³/mol. The Bertz CT molecular complexity index is 424. The van der Waals surface area contributed by atoms with Crippen LogP contribution in [0.3, 0.4) is 0 Å². The van der Waals surface area contributed by atoms with E-state index in [9.17, 15) is 5.11 Å². The van der Waals surface area contributed by atoms with Crippen LogP contribution < -0.4 is 15.4 Å². The monoisotopic (exact) mass is 282 g/mol. The minimum Gasteiger partial charge on any atom is -0.497 e. The number of thiocarbonyl (C=S) groups is 1. The van der Waals surface area contributed by atoms with Crippen molar-refractivity contribution >= 4 is 22.9 Å². The standard InChI is InChI=1S/C14H22N2O2S/c1-3-4-7-16(8-9-17)13-10-11(18-2)5-6-12(13)14(15)19/h5-6,10,17H,3-4,7-9H2,1-2H3,(H2,15,19). The molecule has 1 aromatic carbocycles. The molecule has 0 atom stereocenters. The summed E-state index contributed by atoms with van der Waals surface area (Å²) >= 11 is 5.09. The molecular weight excluding hydrogens is 260 g/mol. The summed E-state index contributed by atoms with van der Waals surface area (Å²) in [4.78, 5) is 2.46. The van der Waals surface area contributed by atoms with Gasteiger partial charge in [0.15, 0.2) is 0 Å². The van der Waals surface area contributed by atoms with Crippen LogP contribution in [-0.4, -0.2) is 36.9 Å². The number of nitrogens with two attached hydrogens (primary N) is 1. The third-order valence-corrected chi connectivity index (χ3v) is 3.18. The number of unbranched alkanes of at least 4 members (excludes halogenated alkanes) is 1. The molecular formula is C14H22N2O2S. The number of nitrogens with zero attached hydrogens (tertiary/aromatic N) is 1. The van der Waals surface area contributed by atoms with Crippen molar-refractivity contribution in [2.24, 2.45) is 5.73 Å². The van der Waals surface area contributed by atoms with E-state index in [4.69, 9.17) is 22.7 Å². The molecule has 4 nitrogen and oxygen atoms in total. The van der Waals surface area contributed by atoms with Gasteiger partial charge in [0, 0.05) is 24.7 Å². The SMILES string of the molecule is CCCCN(CCO)c1cc(OC)ccc1C(N)=S. The number of anilines is 1. The first kappa shape index (κ1) is 15.7. The van der Waals surface area contributed by atoms with Gasteiger partial charge in [-0.15, -0.1) is 0 Å². The van der Waals surface area contributed by atoms with Crippen molar-refractivity contribution in [3.63, 3.8) is 0 Å². The van der Waals surface area contributed by atoms with Gasteiger partial charge in [0.25, 0.3) is 0 Å². The summed E-state index contributed by atoms with van der Waals surface area (Å²) in [5, 5.41) is 9.22. The van der Waals surface area contributed by atoms with E-state index in [1.807, 2.05) is 18.2 Å². The second-order valence-electron chi connectivity index (χ2n) is 4.31. The Hall–Kier alpha value is -1.33. The zero-order chi connectivity index (χ0) is 14.3. The molecule has 1 aromatic rings. The van der Waals surface area contributed by atoms with E-state index < -0.39 is 0 Å². The number of benzene rings is 1. The topological polar surface area (TPSA) is 58.7 Å². The zero-order valence-corrected chi connectivity index (χ0v) is 12.4. The van der Waals surface area contributed by atoms with Crippen molar-refractivity contribution in [1.82, 2.24) is 0 Å². The van der Waals surface area contributed by atoms with Gasteiger partial charge in [-0.3, -0.25) is 0 Å². The van der Waals surface area contributed by atoms with Gasteiger partial charge in [0.1, 0.15) is 10.7 Å². The van der Waals surface area contributed by atoms with Crippen molar-refractivity contribution < 1.29 is 9.84 Å². The van der Waals surface area contributed by atoms with E-state index in [1.165, 1.54) is 0 Å². The highest BCUT2D eigenvalue weighted by atomic mass is 32.1. The van der Waals surface area contributed by atoms with E-state index in [2.05, 4.69) is 11.8 Å². The first-order chi connectivity index (χ1) is 9.13. The van der Waals surface area contributed by atoms with E-state index in [0.29, 0.717) is 11.5 Å². The second-order valence-corrected chi connectivity index (χ2v) is 4.75. The summed E-state index contributed by atoms with van der Waals surface area (Å²) in [7, 11) is 1.63. The van der Waals surface area contributed by atoms with Crippen molar-refractivity contribution in [3.05, 3.63) is 23.8 Å². The van der Waals surface area contributed by atoms with Crippen LogP contribution in [0.2, 0.25) is 0 Å². The van der Waals surface area contributed by atoms with Gasteiger partial charge in [0.05, 0.1) is 19.4 Å². The lowest BCUT2D eigenvalue weighted by Gasteiger charge is -2.26.